The smallest absolute Gasteiger partial charge is 0.120 e. The highest BCUT2D eigenvalue weighted by Crippen LogP contribution is 2.33. The molecule has 6 nitrogen and oxygen atoms in total. The molecular weight excluding hydrogens is 266 g/mol. The summed E-state index contributed by atoms with van der Waals surface area (Å²) < 4.78 is 1.99. The standard InChI is InChI=1S/C15H23N5O/c1-11(2)20-7-12(5-18-20)14-8-19(6-13(14)10-21)9-15-16-3-4-17-15/h3-5,7,11,13-14,21H,6,8-10H2,1-2H3,(H,16,17)/t13-,14-/m0/s1. The first kappa shape index (κ1) is 14.3. The summed E-state index contributed by atoms with van der Waals surface area (Å²) in [6.07, 6.45) is 7.69. The molecule has 2 atom stereocenters. The number of hydrogen-bond donors (Lipinski definition) is 2. The molecule has 21 heavy (non-hydrogen) atoms. The Morgan fingerprint density at radius 3 is 2.90 bits per heavy atom. The van der Waals surface area contributed by atoms with Crippen molar-refractivity contribution in [1.82, 2.24) is 24.6 Å². The summed E-state index contributed by atoms with van der Waals surface area (Å²) in [4.78, 5) is 9.76. The van der Waals surface area contributed by atoms with Crippen LogP contribution in [0, 0.1) is 5.92 Å². The third-order valence-electron chi connectivity index (χ3n) is 4.26. The Balaban J connectivity index is 1.71. The number of nitrogens with one attached hydrogen (secondary N) is 1. The maximum Gasteiger partial charge on any atom is 0.120 e. The van der Waals surface area contributed by atoms with Crippen LogP contribution in [0.4, 0.5) is 0 Å². The van der Waals surface area contributed by atoms with Gasteiger partial charge in [0.15, 0.2) is 0 Å². The maximum atomic E-state index is 9.68. The van der Waals surface area contributed by atoms with Crippen molar-refractivity contribution in [3.8, 4) is 0 Å². The molecule has 1 aliphatic heterocycles. The molecule has 0 amide bonds. The Hall–Kier alpha value is -1.66. The van der Waals surface area contributed by atoms with Crippen molar-refractivity contribution in [2.45, 2.75) is 32.4 Å². The third kappa shape index (κ3) is 3.01. The molecule has 0 aliphatic carbocycles. The number of H-pyrrole nitrogens is 1. The molecule has 0 radical (unpaired) electrons. The van der Waals surface area contributed by atoms with E-state index in [0.717, 1.165) is 25.5 Å². The second-order valence-electron chi connectivity index (χ2n) is 6.13. The quantitative estimate of drug-likeness (QED) is 0.873. The fourth-order valence-electron chi connectivity index (χ4n) is 3.08. The topological polar surface area (TPSA) is 70.0 Å². The highest BCUT2D eigenvalue weighted by Gasteiger charge is 2.34. The number of aliphatic hydroxyl groups excluding tert-OH is 1. The minimum absolute atomic E-state index is 0.214. The van der Waals surface area contributed by atoms with Gasteiger partial charge in [-0.3, -0.25) is 9.58 Å². The minimum Gasteiger partial charge on any atom is -0.396 e. The van der Waals surface area contributed by atoms with Crippen molar-refractivity contribution in [3.05, 3.63) is 36.2 Å². The van der Waals surface area contributed by atoms with Gasteiger partial charge in [0.2, 0.25) is 0 Å². The van der Waals surface area contributed by atoms with Gasteiger partial charge in [0.05, 0.1) is 12.7 Å². The van der Waals surface area contributed by atoms with Crippen LogP contribution in [-0.4, -0.2) is 49.5 Å². The van der Waals surface area contributed by atoms with E-state index in [0.29, 0.717) is 12.0 Å². The molecule has 2 N–H and O–H groups in total. The number of nitrogens with zero attached hydrogens (tertiary/aromatic N) is 4. The van der Waals surface area contributed by atoms with Gasteiger partial charge in [-0.05, 0) is 19.4 Å². The van der Waals surface area contributed by atoms with E-state index in [1.807, 2.05) is 17.1 Å². The lowest BCUT2D eigenvalue weighted by Crippen LogP contribution is -2.21. The fourth-order valence-corrected chi connectivity index (χ4v) is 3.08. The van der Waals surface area contributed by atoms with Crippen LogP contribution in [0.3, 0.4) is 0 Å². The van der Waals surface area contributed by atoms with Gasteiger partial charge in [-0.25, -0.2) is 4.98 Å². The summed E-state index contributed by atoms with van der Waals surface area (Å²) in [7, 11) is 0. The Morgan fingerprint density at radius 2 is 2.29 bits per heavy atom. The van der Waals surface area contributed by atoms with E-state index < -0.39 is 0 Å². The van der Waals surface area contributed by atoms with E-state index in [-0.39, 0.29) is 12.5 Å². The lowest BCUT2D eigenvalue weighted by Gasteiger charge is -2.14. The van der Waals surface area contributed by atoms with Crippen molar-refractivity contribution in [3.63, 3.8) is 0 Å². The van der Waals surface area contributed by atoms with Gasteiger partial charge < -0.3 is 10.1 Å². The SMILES string of the molecule is CC(C)n1cc([C@@H]2CN(Cc3ncc[nH]3)C[C@H]2CO)cn1. The molecule has 1 fully saturated rings. The van der Waals surface area contributed by atoms with Gasteiger partial charge in [-0.15, -0.1) is 0 Å². The predicted molar refractivity (Wildman–Crippen MR) is 79.8 cm³/mol. The number of hydrogen-bond acceptors (Lipinski definition) is 4. The molecule has 0 saturated carbocycles. The van der Waals surface area contributed by atoms with E-state index in [2.05, 4.69) is 40.0 Å². The molecule has 0 bridgehead atoms. The summed E-state index contributed by atoms with van der Waals surface area (Å²) in [6.45, 7) is 7.10. The zero-order chi connectivity index (χ0) is 14.8. The summed E-state index contributed by atoms with van der Waals surface area (Å²) >= 11 is 0. The first-order chi connectivity index (χ1) is 10.2. The lowest BCUT2D eigenvalue weighted by molar-refractivity contribution is 0.213. The molecule has 1 saturated heterocycles. The van der Waals surface area contributed by atoms with Crippen LogP contribution in [0.15, 0.2) is 24.8 Å². The zero-order valence-electron chi connectivity index (χ0n) is 12.6. The average molecular weight is 289 g/mol. The highest BCUT2D eigenvalue weighted by molar-refractivity contribution is 5.16. The van der Waals surface area contributed by atoms with Crippen LogP contribution in [-0.2, 0) is 6.54 Å². The first-order valence-electron chi connectivity index (χ1n) is 7.53. The van der Waals surface area contributed by atoms with Crippen LogP contribution < -0.4 is 0 Å². The monoisotopic (exact) mass is 289 g/mol. The second-order valence-corrected chi connectivity index (χ2v) is 6.13. The van der Waals surface area contributed by atoms with E-state index in [9.17, 15) is 5.11 Å². The van der Waals surface area contributed by atoms with Crippen LogP contribution in [0.1, 0.15) is 37.2 Å². The Bertz CT molecular complexity index is 562. The summed E-state index contributed by atoms with van der Waals surface area (Å²) in [5, 5.41) is 14.1. The fraction of sp³-hybridized carbons (Fsp3) is 0.600. The third-order valence-corrected chi connectivity index (χ3v) is 4.26. The maximum absolute atomic E-state index is 9.68. The van der Waals surface area contributed by atoms with E-state index in [1.165, 1.54) is 5.56 Å². The summed E-state index contributed by atoms with van der Waals surface area (Å²) in [5.41, 5.74) is 1.23. The second kappa shape index (κ2) is 5.99. The van der Waals surface area contributed by atoms with Crippen molar-refractivity contribution in [2.75, 3.05) is 19.7 Å². The number of aliphatic hydroxyl groups is 1. The molecule has 0 unspecified atom stereocenters. The number of likely N-dealkylation sites (tertiary alicyclic amines) is 1. The molecule has 3 rings (SSSR count). The highest BCUT2D eigenvalue weighted by atomic mass is 16.3. The lowest BCUT2D eigenvalue weighted by atomic mass is 9.92. The van der Waals surface area contributed by atoms with Crippen LogP contribution >= 0.6 is 0 Å². The molecule has 0 spiro atoms. The van der Waals surface area contributed by atoms with Gasteiger partial charge >= 0.3 is 0 Å². The first-order valence-corrected chi connectivity index (χ1v) is 7.53. The van der Waals surface area contributed by atoms with Crippen LogP contribution in [0.5, 0.6) is 0 Å². The summed E-state index contributed by atoms with van der Waals surface area (Å²) in [5.74, 6) is 1.59. The van der Waals surface area contributed by atoms with Gasteiger partial charge in [0, 0.05) is 56.2 Å². The predicted octanol–water partition coefficient (Wildman–Crippen LogP) is 1.39. The normalized spacial score (nSPS) is 23.2. The largest absolute Gasteiger partial charge is 0.396 e. The number of aromatic nitrogens is 4. The molecule has 2 aromatic rings. The minimum atomic E-state index is 0.214. The molecule has 1 aliphatic rings. The van der Waals surface area contributed by atoms with Gasteiger partial charge in [0.25, 0.3) is 0 Å². The summed E-state index contributed by atoms with van der Waals surface area (Å²) in [6, 6.07) is 0.368. The number of rotatable bonds is 5. The molecule has 3 heterocycles. The Labute approximate surface area is 124 Å². The van der Waals surface area contributed by atoms with Crippen molar-refractivity contribution in [2.24, 2.45) is 5.92 Å². The van der Waals surface area contributed by atoms with Crippen molar-refractivity contribution < 1.29 is 5.11 Å². The van der Waals surface area contributed by atoms with Gasteiger partial charge in [-0.1, -0.05) is 0 Å². The van der Waals surface area contributed by atoms with Crippen LogP contribution in [0.25, 0.3) is 0 Å². The number of aromatic amines is 1. The molecule has 2 aromatic heterocycles. The molecule has 0 aromatic carbocycles. The zero-order valence-corrected chi connectivity index (χ0v) is 12.6. The molecule has 114 valence electrons. The van der Waals surface area contributed by atoms with Gasteiger partial charge in [0.1, 0.15) is 5.82 Å². The Morgan fingerprint density at radius 1 is 1.43 bits per heavy atom. The van der Waals surface area contributed by atoms with Crippen molar-refractivity contribution >= 4 is 0 Å². The number of imidazole rings is 1. The Kier molecular flexibility index (Phi) is 4.07. The molecule has 6 heteroatoms. The molecular formula is C15H23N5O. The van der Waals surface area contributed by atoms with Gasteiger partial charge in [-0.2, -0.15) is 5.10 Å². The van der Waals surface area contributed by atoms with Crippen molar-refractivity contribution in [1.29, 1.82) is 0 Å². The van der Waals surface area contributed by atoms with Crippen LogP contribution in [0.2, 0.25) is 0 Å². The van der Waals surface area contributed by atoms with E-state index >= 15 is 0 Å². The average Bonchev–Trinajstić information content (AvgIpc) is 3.18. The van der Waals surface area contributed by atoms with E-state index in [4.69, 9.17) is 0 Å². The van der Waals surface area contributed by atoms with E-state index in [1.54, 1.807) is 6.20 Å².